The number of carbonyl (C=O) groups excluding carboxylic acids is 1. The van der Waals surface area contributed by atoms with Gasteiger partial charge in [-0.2, -0.15) is 5.10 Å². The number of carbonyl (C=O) groups is 1. The summed E-state index contributed by atoms with van der Waals surface area (Å²) >= 11 is 0. The van der Waals surface area contributed by atoms with E-state index in [2.05, 4.69) is 13.8 Å². The Morgan fingerprint density at radius 2 is 1.97 bits per heavy atom. The fourth-order valence-electron chi connectivity index (χ4n) is 9.43. The number of amides is 1. The van der Waals surface area contributed by atoms with Crippen molar-refractivity contribution < 1.29 is 9.18 Å². The van der Waals surface area contributed by atoms with Crippen molar-refractivity contribution in [2.75, 3.05) is 0 Å². The summed E-state index contributed by atoms with van der Waals surface area (Å²) in [7, 11) is 0. The van der Waals surface area contributed by atoms with Gasteiger partial charge >= 0.3 is 0 Å². The maximum Gasteiger partial charge on any atom is 0.242 e. The third-order valence-corrected chi connectivity index (χ3v) is 11.0. The Morgan fingerprint density at radius 3 is 2.76 bits per heavy atom. The van der Waals surface area contributed by atoms with Crippen molar-refractivity contribution in [1.29, 1.82) is 0 Å². The fourth-order valence-corrected chi connectivity index (χ4v) is 9.43. The molecule has 0 spiro atoms. The molecular weight excluding hydrogens is 411 g/mol. The molecule has 8 atom stereocenters. The summed E-state index contributed by atoms with van der Waals surface area (Å²) < 4.78 is 14.2. The van der Waals surface area contributed by atoms with Crippen molar-refractivity contribution in [2.45, 2.75) is 91.0 Å². The number of hydrazone groups is 1. The lowest BCUT2D eigenvalue weighted by atomic mass is 9.45. The summed E-state index contributed by atoms with van der Waals surface area (Å²) in [5.74, 6) is 3.25. The first kappa shape index (κ1) is 21.8. The monoisotopic (exact) mass is 450 g/mol. The summed E-state index contributed by atoms with van der Waals surface area (Å²) in [6.45, 7) is 6.98. The molecule has 4 heteroatoms. The molecule has 1 aliphatic heterocycles. The lowest BCUT2D eigenvalue weighted by Crippen LogP contribution is -2.52. The second-order valence-corrected chi connectivity index (χ2v) is 12.3. The minimum atomic E-state index is -0.227. The molecule has 0 N–H and O–H groups in total. The third kappa shape index (κ3) is 3.04. The fraction of sp³-hybridized carbons (Fsp3) is 0.724. The highest BCUT2D eigenvalue weighted by Gasteiger charge is 2.64. The van der Waals surface area contributed by atoms with Crippen molar-refractivity contribution in [3.63, 3.8) is 0 Å². The molecule has 0 unspecified atom stereocenters. The summed E-state index contributed by atoms with van der Waals surface area (Å²) in [5, 5.41) is 6.80. The predicted molar refractivity (Wildman–Crippen MR) is 129 cm³/mol. The van der Waals surface area contributed by atoms with Crippen molar-refractivity contribution in [2.24, 2.45) is 45.5 Å². The van der Waals surface area contributed by atoms with Gasteiger partial charge in [-0.3, -0.25) is 4.79 Å². The molecule has 1 aromatic rings. The van der Waals surface area contributed by atoms with Crippen LogP contribution < -0.4 is 0 Å². The smallest absolute Gasteiger partial charge is 0.242 e. The Kier molecular flexibility index (Phi) is 5.05. The van der Waals surface area contributed by atoms with Crippen LogP contribution in [0.25, 0.3) is 0 Å². The molecule has 0 aromatic heterocycles. The minimum Gasteiger partial charge on any atom is -0.273 e. The lowest BCUT2D eigenvalue weighted by Gasteiger charge is -2.59. The van der Waals surface area contributed by atoms with E-state index in [1.807, 2.05) is 13.0 Å². The van der Waals surface area contributed by atoms with Crippen LogP contribution in [0.3, 0.4) is 0 Å². The number of rotatable bonds is 2. The number of fused-ring (bicyclic) bond motifs is 7. The number of benzene rings is 1. The van der Waals surface area contributed by atoms with E-state index < -0.39 is 0 Å². The predicted octanol–water partition coefficient (Wildman–Crippen LogP) is 7.13. The average molecular weight is 451 g/mol. The van der Waals surface area contributed by atoms with Gasteiger partial charge in [-0.15, -0.1) is 0 Å². The molecule has 0 saturated heterocycles. The van der Waals surface area contributed by atoms with Crippen LogP contribution in [0.2, 0.25) is 0 Å². The van der Waals surface area contributed by atoms with Crippen LogP contribution in [-0.4, -0.2) is 16.6 Å². The summed E-state index contributed by atoms with van der Waals surface area (Å²) in [5.41, 5.74) is 2.76. The quantitative estimate of drug-likeness (QED) is 0.471. The van der Waals surface area contributed by atoms with Gasteiger partial charge in [0.1, 0.15) is 5.82 Å². The number of hydrogen-bond acceptors (Lipinski definition) is 2. The van der Waals surface area contributed by atoms with E-state index in [0.29, 0.717) is 17.8 Å². The molecule has 3 nitrogen and oxygen atoms in total. The molecule has 1 amide bonds. The molecule has 0 bridgehead atoms. The first-order valence-corrected chi connectivity index (χ1v) is 13.5. The molecule has 0 radical (unpaired) electrons. The molecule has 4 aliphatic carbocycles. The second-order valence-electron chi connectivity index (χ2n) is 12.3. The molecule has 1 heterocycles. The molecule has 5 aliphatic rings. The van der Waals surface area contributed by atoms with E-state index in [4.69, 9.17) is 5.10 Å². The van der Waals surface area contributed by atoms with Gasteiger partial charge in [0.25, 0.3) is 0 Å². The molecular formula is C29H39FN2O. The average Bonchev–Trinajstić information content (AvgIpc) is 3.32. The number of nitrogens with zero attached hydrogens (tertiary/aromatic N) is 2. The van der Waals surface area contributed by atoms with Crippen molar-refractivity contribution in [3.8, 4) is 0 Å². The summed E-state index contributed by atoms with van der Waals surface area (Å²) in [4.78, 5) is 12.9. The molecule has 178 valence electrons. The molecule has 33 heavy (non-hydrogen) atoms. The van der Waals surface area contributed by atoms with E-state index in [-0.39, 0.29) is 29.1 Å². The zero-order valence-corrected chi connectivity index (χ0v) is 20.5. The number of halogens is 1. The van der Waals surface area contributed by atoms with Gasteiger partial charge in [-0.05, 0) is 91.7 Å². The van der Waals surface area contributed by atoms with Crippen molar-refractivity contribution in [3.05, 3.63) is 35.6 Å². The minimum absolute atomic E-state index is 0.0511. The van der Waals surface area contributed by atoms with E-state index in [9.17, 15) is 9.18 Å². The van der Waals surface area contributed by atoms with Gasteiger partial charge in [0.15, 0.2) is 0 Å². The second kappa shape index (κ2) is 7.65. The Morgan fingerprint density at radius 1 is 1.12 bits per heavy atom. The van der Waals surface area contributed by atoms with Gasteiger partial charge < -0.3 is 0 Å². The topological polar surface area (TPSA) is 32.7 Å². The maximum absolute atomic E-state index is 14.2. The largest absolute Gasteiger partial charge is 0.273 e. The Hall–Kier alpha value is -1.71. The van der Waals surface area contributed by atoms with Crippen molar-refractivity contribution >= 4 is 11.6 Å². The Balaban J connectivity index is 1.37. The maximum atomic E-state index is 14.2. The van der Waals surface area contributed by atoms with Crippen LogP contribution in [-0.2, 0) is 4.79 Å². The Labute approximate surface area is 198 Å². The normalized spacial score (nSPS) is 43.9. The zero-order chi connectivity index (χ0) is 23.0. The first-order chi connectivity index (χ1) is 15.9. The molecule has 4 fully saturated rings. The van der Waals surface area contributed by atoms with Crippen LogP contribution in [0.5, 0.6) is 0 Å². The first-order valence-electron chi connectivity index (χ1n) is 13.5. The summed E-state index contributed by atoms with van der Waals surface area (Å²) in [6.07, 6.45) is 12.5. The lowest BCUT2D eigenvalue weighted by molar-refractivity contribution is -0.133. The highest BCUT2D eigenvalue weighted by Crippen LogP contribution is 2.68. The van der Waals surface area contributed by atoms with Gasteiger partial charge in [0.05, 0.1) is 11.8 Å². The van der Waals surface area contributed by atoms with E-state index in [1.54, 1.807) is 17.1 Å². The van der Waals surface area contributed by atoms with Crippen LogP contribution in [0.4, 0.5) is 4.39 Å². The van der Waals surface area contributed by atoms with Crippen LogP contribution >= 0.6 is 0 Å². The Bertz CT molecular complexity index is 990. The third-order valence-electron chi connectivity index (χ3n) is 11.0. The highest BCUT2D eigenvalue weighted by molar-refractivity contribution is 5.98. The van der Waals surface area contributed by atoms with E-state index in [0.717, 1.165) is 29.7 Å². The molecule has 6 rings (SSSR count). The van der Waals surface area contributed by atoms with Gasteiger partial charge in [0.2, 0.25) is 5.91 Å². The SMILES string of the molecule is CCC(=O)N1N=C2[C@H](C[C@H]3[C@@H]4CC[C@@H]5CCCC[C@]5(C)[C@H]4CC[C@]23C)[C@@H]1c1cccc(F)c1. The van der Waals surface area contributed by atoms with E-state index >= 15 is 0 Å². The zero-order valence-electron chi connectivity index (χ0n) is 20.5. The van der Waals surface area contributed by atoms with Crippen molar-refractivity contribution in [1.82, 2.24) is 5.01 Å². The highest BCUT2D eigenvalue weighted by atomic mass is 19.1. The molecule has 1 aromatic carbocycles. The van der Waals surface area contributed by atoms with Crippen LogP contribution in [0, 0.1) is 46.2 Å². The van der Waals surface area contributed by atoms with Gasteiger partial charge in [-0.1, -0.05) is 45.7 Å². The summed E-state index contributed by atoms with van der Waals surface area (Å²) in [6, 6.07) is 6.74. The number of hydrogen-bond donors (Lipinski definition) is 0. The van der Waals surface area contributed by atoms with Gasteiger partial charge in [0, 0.05) is 17.8 Å². The van der Waals surface area contributed by atoms with Gasteiger partial charge in [-0.25, -0.2) is 9.40 Å². The van der Waals surface area contributed by atoms with Crippen LogP contribution in [0.15, 0.2) is 29.4 Å². The standard InChI is InChI=1S/C29H39FN2O/c1-4-25(33)32-26(18-8-7-10-20(30)16-18)22-17-24-21-12-11-19-9-5-6-14-28(19,2)23(21)13-15-29(24,3)27(22)31-32/h7-8,10,16,19,21-24,26H,4-6,9,11-15,17H2,1-3H3/t19-,21+,22+,23-,24-,26-,28-,29-/m0/s1. The molecule has 4 saturated carbocycles. The van der Waals surface area contributed by atoms with E-state index in [1.165, 1.54) is 63.1 Å². The van der Waals surface area contributed by atoms with Crippen LogP contribution in [0.1, 0.15) is 96.6 Å².